The highest BCUT2D eigenvalue weighted by atomic mass is 19.1. The maximum absolute atomic E-state index is 13.6. The fourth-order valence-corrected chi connectivity index (χ4v) is 3.78. The molecule has 0 fully saturated rings. The lowest BCUT2D eigenvalue weighted by Gasteiger charge is -2.18. The number of hydrogen-bond acceptors (Lipinski definition) is 5. The minimum atomic E-state index is -0.382. The smallest absolute Gasteiger partial charge is 0.297 e. The zero-order valence-electron chi connectivity index (χ0n) is 19.1. The largest absolute Gasteiger partial charge is 0.328 e. The molecule has 0 saturated heterocycles. The van der Waals surface area contributed by atoms with Gasteiger partial charge in [0.25, 0.3) is 0 Å². The van der Waals surface area contributed by atoms with E-state index < -0.39 is 0 Å². The van der Waals surface area contributed by atoms with Gasteiger partial charge in [-0.15, -0.1) is 0 Å². The molecule has 0 radical (unpaired) electrons. The summed E-state index contributed by atoms with van der Waals surface area (Å²) in [5.74, 6) is -0.206. The number of para-hydroxylation sites is 1. The number of carbonyl (C=O) groups excluding carboxylic acids is 1. The van der Waals surface area contributed by atoms with Crippen molar-refractivity contribution in [3.63, 3.8) is 0 Å². The Balaban J connectivity index is 1.56. The van der Waals surface area contributed by atoms with Gasteiger partial charge in [0.05, 0.1) is 11.2 Å². The Bertz CT molecular complexity index is 1520. The molecule has 0 bridgehead atoms. The van der Waals surface area contributed by atoms with Crippen LogP contribution in [0.1, 0.15) is 5.69 Å². The van der Waals surface area contributed by atoms with Gasteiger partial charge in [0.15, 0.2) is 0 Å². The van der Waals surface area contributed by atoms with Crippen molar-refractivity contribution in [2.45, 2.75) is 6.92 Å². The number of fused-ring (bicyclic) bond motifs is 1. The molecule has 0 saturated carbocycles. The fraction of sp³-hybridized carbons (Fsp3) is 0.0741. The highest BCUT2D eigenvalue weighted by molar-refractivity contribution is 6.00. The number of aromatic nitrogens is 4. The highest BCUT2D eigenvalue weighted by Gasteiger charge is 2.16. The number of amides is 2. The second-order valence-corrected chi connectivity index (χ2v) is 7.98. The van der Waals surface area contributed by atoms with E-state index in [1.165, 1.54) is 23.4 Å². The Hall–Kier alpha value is -4.72. The third-order valence-electron chi connectivity index (χ3n) is 5.72. The second-order valence-electron chi connectivity index (χ2n) is 7.98. The van der Waals surface area contributed by atoms with Crippen molar-refractivity contribution in [2.24, 2.45) is 0 Å². The van der Waals surface area contributed by atoms with E-state index in [0.29, 0.717) is 11.3 Å². The summed E-state index contributed by atoms with van der Waals surface area (Å²) in [5.41, 5.74) is 5.26. The number of anilines is 2. The molecule has 7 nitrogen and oxygen atoms in total. The number of halogens is 1. The Morgan fingerprint density at radius 1 is 0.914 bits per heavy atom. The van der Waals surface area contributed by atoms with Crippen molar-refractivity contribution < 1.29 is 9.18 Å². The Morgan fingerprint density at radius 3 is 2.43 bits per heavy atom. The Labute approximate surface area is 201 Å². The molecule has 5 rings (SSSR count). The molecule has 3 aromatic carbocycles. The number of nitrogens with zero attached hydrogens (tertiary/aromatic N) is 5. The van der Waals surface area contributed by atoms with Crippen LogP contribution in [0, 0.1) is 12.7 Å². The summed E-state index contributed by atoms with van der Waals surface area (Å²) >= 11 is 0. The molecular formula is C27H21FN6O. The molecule has 1 N–H and O–H groups in total. The van der Waals surface area contributed by atoms with E-state index in [1.54, 1.807) is 25.4 Å². The minimum absolute atomic E-state index is 0.140. The van der Waals surface area contributed by atoms with Crippen LogP contribution in [0.25, 0.3) is 33.3 Å². The van der Waals surface area contributed by atoms with E-state index in [-0.39, 0.29) is 17.8 Å². The zero-order valence-corrected chi connectivity index (χ0v) is 19.1. The normalized spacial score (nSPS) is 10.8. The molecule has 0 aliphatic carbocycles. The predicted octanol–water partition coefficient (Wildman–Crippen LogP) is 5.87. The zero-order chi connectivity index (χ0) is 24.4. The maximum atomic E-state index is 13.6. The van der Waals surface area contributed by atoms with Gasteiger partial charge in [0, 0.05) is 41.1 Å². The lowest BCUT2D eigenvalue weighted by atomic mass is 9.99. The molecule has 2 aromatic heterocycles. The SMILES string of the molecule is Cc1ncnc2ccc(-c3cnc(NC(=O)N(C)c4ccccc4)nc3-c3ccc(F)cc3)cc12. The monoisotopic (exact) mass is 464 g/mol. The summed E-state index contributed by atoms with van der Waals surface area (Å²) < 4.78 is 13.6. The summed E-state index contributed by atoms with van der Waals surface area (Å²) in [6, 6.07) is 20.8. The number of hydrogen-bond donors (Lipinski definition) is 1. The summed E-state index contributed by atoms with van der Waals surface area (Å²) in [6.07, 6.45) is 3.19. The highest BCUT2D eigenvalue weighted by Crippen LogP contribution is 2.33. The summed E-state index contributed by atoms with van der Waals surface area (Å²) in [5, 5.41) is 3.66. The van der Waals surface area contributed by atoms with Gasteiger partial charge in [-0.2, -0.15) is 0 Å². The molecule has 8 heteroatoms. The van der Waals surface area contributed by atoms with Crippen LogP contribution in [0.3, 0.4) is 0 Å². The van der Waals surface area contributed by atoms with E-state index >= 15 is 0 Å². The van der Waals surface area contributed by atoms with E-state index in [0.717, 1.165) is 33.4 Å². The van der Waals surface area contributed by atoms with E-state index in [9.17, 15) is 9.18 Å². The number of nitrogens with one attached hydrogen (secondary N) is 1. The van der Waals surface area contributed by atoms with Crippen LogP contribution >= 0.6 is 0 Å². The van der Waals surface area contributed by atoms with Crippen LogP contribution in [-0.2, 0) is 0 Å². The molecule has 0 unspecified atom stereocenters. The van der Waals surface area contributed by atoms with E-state index in [1.807, 2.05) is 55.5 Å². The summed E-state index contributed by atoms with van der Waals surface area (Å²) in [4.78, 5) is 31.9. The van der Waals surface area contributed by atoms with Crippen molar-refractivity contribution in [1.29, 1.82) is 0 Å². The van der Waals surface area contributed by atoms with Crippen LogP contribution in [-0.4, -0.2) is 33.0 Å². The Morgan fingerprint density at radius 2 is 1.66 bits per heavy atom. The first-order chi connectivity index (χ1) is 17.0. The fourth-order valence-electron chi connectivity index (χ4n) is 3.78. The molecule has 2 heterocycles. The first kappa shape index (κ1) is 22.1. The van der Waals surface area contributed by atoms with Gasteiger partial charge in [-0.1, -0.05) is 24.3 Å². The predicted molar refractivity (Wildman–Crippen MR) is 135 cm³/mol. The van der Waals surface area contributed by atoms with Gasteiger partial charge in [0.1, 0.15) is 12.1 Å². The van der Waals surface area contributed by atoms with Crippen LogP contribution in [0.5, 0.6) is 0 Å². The number of urea groups is 1. The van der Waals surface area contributed by atoms with E-state index in [2.05, 4.69) is 25.3 Å². The third-order valence-corrected chi connectivity index (χ3v) is 5.72. The van der Waals surface area contributed by atoms with Gasteiger partial charge in [-0.3, -0.25) is 10.2 Å². The van der Waals surface area contributed by atoms with Crippen molar-refractivity contribution >= 4 is 28.6 Å². The molecular weight excluding hydrogens is 443 g/mol. The first-order valence-corrected chi connectivity index (χ1v) is 10.9. The standard InChI is InChI=1S/C27H21FN6O/c1-17-22-14-19(10-13-24(22)31-16-30-17)23-15-29-26(32-25(23)18-8-11-20(28)12-9-18)33-27(35)34(2)21-6-4-3-5-7-21/h3-16H,1-2H3,(H,29,32,33,35). The van der Waals surface area contributed by atoms with Gasteiger partial charge in [-0.05, 0) is 61.0 Å². The van der Waals surface area contributed by atoms with E-state index in [4.69, 9.17) is 0 Å². The second kappa shape index (κ2) is 9.26. The van der Waals surface area contributed by atoms with Gasteiger partial charge < -0.3 is 0 Å². The Kier molecular flexibility index (Phi) is 5.85. The summed E-state index contributed by atoms with van der Waals surface area (Å²) in [6.45, 7) is 1.92. The maximum Gasteiger partial charge on any atom is 0.328 e. The average Bonchev–Trinajstić information content (AvgIpc) is 2.89. The van der Waals surface area contributed by atoms with Crippen LogP contribution in [0.4, 0.5) is 20.8 Å². The van der Waals surface area contributed by atoms with Gasteiger partial charge in [-0.25, -0.2) is 29.1 Å². The molecule has 0 spiro atoms. The minimum Gasteiger partial charge on any atom is -0.297 e. The third kappa shape index (κ3) is 4.54. The summed E-state index contributed by atoms with van der Waals surface area (Å²) in [7, 11) is 1.67. The number of carbonyl (C=O) groups is 1. The molecule has 5 aromatic rings. The topological polar surface area (TPSA) is 83.9 Å². The number of aryl methyl sites for hydroxylation is 1. The number of benzene rings is 3. The quantitative estimate of drug-likeness (QED) is 0.360. The van der Waals surface area contributed by atoms with Crippen LogP contribution < -0.4 is 10.2 Å². The van der Waals surface area contributed by atoms with Gasteiger partial charge >= 0.3 is 6.03 Å². The molecule has 0 atom stereocenters. The lowest BCUT2D eigenvalue weighted by molar-refractivity contribution is 0.258. The first-order valence-electron chi connectivity index (χ1n) is 10.9. The van der Waals surface area contributed by atoms with Crippen molar-refractivity contribution in [2.75, 3.05) is 17.3 Å². The van der Waals surface area contributed by atoms with Crippen molar-refractivity contribution in [3.8, 4) is 22.4 Å². The number of rotatable bonds is 4. The molecule has 2 amide bonds. The lowest BCUT2D eigenvalue weighted by Crippen LogP contribution is -2.31. The van der Waals surface area contributed by atoms with Crippen LogP contribution in [0.2, 0.25) is 0 Å². The van der Waals surface area contributed by atoms with Crippen molar-refractivity contribution in [1.82, 2.24) is 19.9 Å². The molecule has 35 heavy (non-hydrogen) atoms. The molecule has 0 aliphatic heterocycles. The molecule has 172 valence electrons. The van der Waals surface area contributed by atoms with Crippen molar-refractivity contribution in [3.05, 3.63) is 96.8 Å². The molecule has 0 aliphatic rings. The average molecular weight is 465 g/mol. The van der Waals surface area contributed by atoms with Crippen LogP contribution in [0.15, 0.2) is 85.3 Å². The van der Waals surface area contributed by atoms with Gasteiger partial charge in [0.2, 0.25) is 5.95 Å².